The fraction of sp³-hybridized carbons (Fsp3) is 0.222. The minimum atomic E-state index is -4.18. The predicted molar refractivity (Wildman–Crippen MR) is 104 cm³/mol. The zero-order chi connectivity index (χ0) is 20.6. The van der Waals surface area contributed by atoms with Gasteiger partial charge < -0.3 is 14.5 Å². The van der Waals surface area contributed by atoms with Gasteiger partial charge in [0.15, 0.2) is 0 Å². The molecule has 0 spiro atoms. The number of ether oxygens (including phenoxy) is 1. The van der Waals surface area contributed by atoms with Crippen LogP contribution in [0.15, 0.2) is 45.7 Å². The molecule has 28 heavy (non-hydrogen) atoms. The average Bonchev–Trinajstić information content (AvgIpc) is 2.97. The van der Waals surface area contributed by atoms with Crippen molar-refractivity contribution in [3.8, 4) is 5.75 Å². The Balaban J connectivity index is 2.01. The number of fused-ring (bicyclic) bond motifs is 1. The number of primary sulfonamides is 1. The fourth-order valence-corrected chi connectivity index (χ4v) is 3.76. The maximum atomic E-state index is 11.9. The number of benzene rings is 2. The molecule has 0 saturated heterocycles. The Hall–Kier alpha value is -3.11. The number of nitrogens with one attached hydrogen (secondary N) is 1. The van der Waals surface area contributed by atoms with Crippen molar-refractivity contribution in [2.45, 2.75) is 24.8 Å². The summed E-state index contributed by atoms with van der Waals surface area (Å²) in [6, 6.07) is 8.45. The van der Waals surface area contributed by atoms with E-state index in [4.69, 9.17) is 14.3 Å². The zero-order valence-corrected chi connectivity index (χ0v) is 16.2. The summed E-state index contributed by atoms with van der Waals surface area (Å²) < 4.78 is 35.0. The first-order valence-corrected chi connectivity index (χ1v) is 9.81. The molecule has 0 aliphatic rings. The molecule has 0 saturated carbocycles. The quantitative estimate of drug-likeness (QED) is 0.473. The van der Waals surface area contributed by atoms with Crippen LogP contribution in [0.4, 0.5) is 11.4 Å². The van der Waals surface area contributed by atoms with Gasteiger partial charge in [-0.3, -0.25) is 10.1 Å². The molecule has 0 fully saturated rings. The number of anilines is 1. The van der Waals surface area contributed by atoms with Crippen LogP contribution in [0.25, 0.3) is 11.0 Å². The monoisotopic (exact) mass is 405 g/mol. The van der Waals surface area contributed by atoms with Gasteiger partial charge in [0.25, 0.3) is 5.69 Å². The van der Waals surface area contributed by atoms with Crippen LogP contribution in [0.2, 0.25) is 0 Å². The minimum Gasteiger partial charge on any atom is -0.497 e. The van der Waals surface area contributed by atoms with Crippen LogP contribution < -0.4 is 15.2 Å². The molecule has 0 amide bonds. The van der Waals surface area contributed by atoms with Crippen molar-refractivity contribution in [1.29, 1.82) is 0 Å². The Morgan fingerprint density at radius 3 is 2.57 bits per heavy atom. The van der Waals surface area contributed by atoms with E-state index in [0.29, 0.717) is 17.1 Å². The normalized spacial score (nSPS) is 12.7. The molecule has 3 N–H and O–H groups in total. The molecular formula is C18H19N3O6S. The van der Waals surface area contributed by atoms with Crippen molar-refractivity contribution in [2.24, 2.45) is 5.14 Å². The Morgan fingerprint density at radius 1 is 1.25 bits per heavy atom. The number of hydrogen-bond acceptors (Lipinski definition) is 7. The van der Waals surface area contributed by atoms with Gasteiger partial charge >= 0.3 is 0 Å². The lowest BCUT2D eigenvalue weighted by Crippen LogP contribution is -2.17. The van der Waals surface area contributed by atoms with E-state index in [2.05, 4.69) is 5.32 Å². The third-order valence-electron chi connectivity index (χ3n) is 4.43. The Bertz CT molecular complexity index is 1170. The van der Waals surface area contributed by atoms with Gasteiger partial charge in [0.2, 0.25) is 10.0 Å². The van der Waals surface area contributed by atoms with Crippen molar-refractivity contribution in [2.75, 3.05) is 12.4 Å². The average molecular weight is 405 g/mol. The molecule has 0 radical (unpaired) electrons. The molecule has 3 aromatic rings. The summed E-state index contributed by atoms with van der Waals surface area (Å²) in [5.41, 5.74) is 1.32. The van der Waals surface area contributed by atoms with Crippen LogP contribution in [-0.4, -0.2) is 20.5 Å². The van der Waals surface area contributed by atoms with Crippen LogP contribution in [0.3, 0.4) is 0 Å². The van der Waals surface area contributed by atoms with Gasteiger partial charge in [0, 0.05) is 23.1 Å². The van der Waals surface area contributed by atoms with E-state index >= 15 is 0 Å². The zero-order valence-electron chi connectivity index (χ0n) is 15.4. The predicted octanol–water partition coefficient (Wildman–Crippen LogP) is 3.48. The lowest BCUT2D eigenvalue weighted by molar-refractivity contribution is -0.385. The van der Waals surface area contributed by atoms with Gasteiger partial charge in [-0.2, -0.15) is 0 Å². The van der Waals surface area contributed by atoms with Gasteiger partial charge in [-0.1, -0.05) is 0 Å². The molecule has 1 unspecified atom stereocenters. The van der Waals surface area contributed by atoms with Gasteiger partial charge in [-0.15, -0.1) is 0 Å². The van der Waals surface area contributed by atoms with Crippen molar-refractivity contribution in [3.05, 3.63) is 57.8 Å². The number of methoxy groups -OCH3 is 1. The number of non-ortho nitro benzene ring substituents is 1. The molecular weight excluding hydrogens is 386 g/mol. The molecule has 10 heteroatoms. The molecule has 0 aliphatic heterocycles. The summed E-state index contributed by atoms with van der Waals surface area (Å²) in [5.74, 6) is 1.29. The van der Waals surface area contributed by atoms with E-state index in [1.165, 1.54) is 12.1 Å². The van der Waals surface area contributed by atoms with E-state index in [1.54, 1.807) is 26.2 Å². The van der Waals surface area contributed by atoms with Crippen molar-refractivity contribution >= 4 is 32.4 Å². The first-order valence-electron chi connectivity index (χ1n) is 8.26. The van der Waals surface area contributed by atoms with Gasteiger partial charge in [-0.05, 0) is 38.1 Å². The Labute approximate surface area is 161 Å². The molecule has 1 aromatic heterocycles. The van der Waals surface area contributed by atoms with Crippen molar-refractivity contribution in [3.63, 3.8) is 0 Å². The molecule has 1 atom stereocenters. The third-order valence-corrected chi connectivity index (χ3v) is 5.38. The SMILES string of the molecule is COc1ccc2oc(C(C)Nc3ccc([N+](=O)[O-])cc3S(N)(=O)=O)c(C)c2c1. The van der Waals surface area contributed by atoms with Crippen LogP contribution >= 0.6 is 0 Å². The summed E-state index contributed by atoms with van der Waals surface area (Å²) in [4.78, 5) is 9.92. The second-order valence-electron chi connectivity index (χ2n) is 6.30. The van der Waals surface area contributed by atoms with Gasteiger partial charge in [0.1, 0.15) is 22.0 Å². The highest BCUT2D eigenvalue weighted by atomic mass is 32.2. The molecule has 1 heterocycles. The molecule has 3 rings (SSSR count). The smallest absolute Gasteiger partial charge is 0.270 e. The molecule has 148 valence electrons. The summed E-state index contributed by atoms with van der Waals surface area (Å²) in [6.45, 7) is 3.67. The van der Waals surface area contributed by atoms with E-state index in [9.17, 15) is 18.5 Å². The number of rotatable bonds is 6. The summed E-state index contributed by atoms with van der Waals surface area (Å²) in [5, 5.41) is 20.1. The largest absolute Gasteiger partial charge is 0.497 e. The van der Waals surface area contributed by atoms with E-state index in [0.717, 1.165) is 17.0 Å². The highest BCUT2D eigenvalue weighted by Gasteiger charge is 2.23. The summed E-state index contributed by atoms with van der Waals surface area (Å²) in [7, 11) is -2.60. The first-order chi connectivity index (χ1) is 13.1. The number of nitro benzene ring substituents is 1. The van der Waals surface area contributed by atoms with Crippen LogP contribution in [0.1, 0.15) is 24.3 Å². The minimum absolute atomic E-state index is 0.151. The fourth-order valence-electron chi connectivity index (χ4n) is 3.04. The van der Waals surface area contributed by atoms with Crippen LogP contribution in [0.5, 0.6) is 5.75 Å². The molecule has 9 nitrogen and oxygen atoms in total. The standard InChI is InChI=1S/C18H19N3O6S/c1-10-14-9-13(26-3)5-7-16(14)27-18(10)11(2)20-15-6-4-12(21(22)23)8-17(15)28(19,24)25/h4-9,11,20H,1-3H3,(H2,19,24,25). The number of hydrogen-bond donors (Lipinski definition) is 2. The maximum Gasteiger partial charge on any atom is 0.270 e. The molecule has 2 aromatic carbocycles. The second-order valence-corrected chi connectivity index (χ2v) is 7.83. The summed E-state index contributed by atoms with van der Waals surface area (Å²) >= 11 is 0. The number of nitrogens with two attached hydrogens (primary N) is 1. The maximum absolute atomic E-state index is 11.9. The molecule has 0 bridgehead atoms. The Kier molecular flexibility index (Phi) is 5.01. The lowest BCUT2D eigenvalue weighted by Gasteiger charge is -2.16. The highest BCUT2D eigenvalue weighted by Crippen LogP contribution is 2.34. The van der Waals surface area contributed by atoms with Gasteiger partial charge in [0.05, 0.1) is 23.8 Å². The third kappa shape index (κ3) is 3.64. The number of sulfonamides is 1. The number of nitrogens with zero attached hydrogens (tertiary/aromatic N) is 1. The van der Waals surface area contributed by atoms with Crippen LogP contribution in [-0.2, 0) is 10.0 Å². The van der Waals surface area contributed by atoms with E-state index in [1.807, 2.05) is 13.0 Å². The lowest BCUT2D eigenvalue weighted by atomic mass is 10.1. The molecule has 0 aliphatic carbocycles. The number of furan rings is 1. The van der Waals surface area contributed by atoms with Crippen LogP contribution in [0, 0.1) is 17.0 Å². The topological polar surface area (TPSA) is 138 Å². The van der Waals surface area contributed by atoms with Gasteiger partial charge in [-0.25, -0.2) is 13.6 Å². The van der Waals surface area contributed by atoms with E-state index < -0.39 is 21.0 Å². The number of aryl methyl sites for hydroxylation is 1. The Morgan fingerprint density at radius 2 is 1.96 bits per heavy atom. The first kappa shape index (κ1) is 19.6. The highest BCUT2D eigenvalue weighted by molar-refractivity contribution is 7.89. The van der Waals surface area contributed by atoms with Crippen molar-refractivity contribution in [1.82, 2.24) is 0 Å². The van der Waals surface area contributed by atoms with E-state index in [-0.39, 0.29) is 16.3 Å². The summed E-state index contributed by atoms with van der Waals surface area (Å²) in [6.07, 6.45) is 0. The second kappa shape index (κ2) is 7.13. The van der Waals surface area contributed by atoms with Crippen molar-refractivity contribution < 1.29 is 22.5 Å². The number of nitro groups is 1.